The number of carbonyl (C=O) groups is 1. The quantitative estimate of drug-likeness (QED) is 0.405. The summed E-state index contributed by atoms with van der Waals surface area (Å²) in [4.78, 5) is 18.0. The number of nitrogens with zero attached hydrogens (tertiary/aromatic N) is 5. The van der Waals surface area contributed by atoms with Gasteiger partial charge in [-0.1, -0.05) is 49.6 Å². The van der Waals surface area contributed by atoms with E-state index in [1.807, 2.05) is 37.2 Å². The van der Waals surface area contributed by atoms with Gasteiger partial charge in [-0.2, -0.15) is 21.3 Å². The number of rotatable bonds is 8. The average Bonchev–Trinajstić information content (AvgIpc) is 3.07. The van der Waals surface area contributed by atoms with Crippen LogP contribution in [-0.4, -0.2) is 113 Å². The minimum Gasteiger partial charge on any atom is -0.378 e. The number of Topliss-reactive ketones (excluding diaryl/α,β-unsaturated/α-hetero) is 1. The number of ketones is 1. The summed E-state index contributed by atoms with van der Waals surface area (Å²) in [6.07, 6.45) is 8.84. The van der Waals surface area contributed by atoms with Crippen LogP contribution in [0.4, 0.5) is 5.69 Å². The first-order valence-electron chi connectivity index (χ1n) is 17.4. The molecule has 2 aliphatic heterocycles. The molecule has 0 spiro atoms. The Balaban J connectivity index is 1.34. The van der Waals surface area contributed by atoms with Gasteiger partial charge in [0.25, 0.3) is 10.2 Å². The van der Waals surface area contributed by atoms with Crippen molar-refractivity contribution in [1.29, 1.82) is 0 Å². The Morgan fingerprint density at radius 3 is 1.87 bits per heavy atom. The van der Waals surface area contributed by atoms with E-state index in [4.69, 9.17) is 0 Å². The second-order valence-corrected chi connectivity index (χ2v) is 17.6. The highest BCUT2D eigenvalue weighted by molar-refractivity contribution is 7.89. The summed E-state index contributed by atoms with van der Waals surface area (Å²) in [5, 5.41) is 0. The predicted octanol–water partition coefficient (Wildman–Crippen LogP) is 4.41. The van der Waals surface area contributed by atoms with Crippen molar-refractivity contribution in [3.8, 4) is 0 Å². The summed E-state index contributed by atoms with van der Waals surface area (Å²) < 4.78 is 60.1. The van der Waals surface area contributed by atoms with Crippen LogP contribution in [0.25, 0.3) is 0 Å². The van der Waals surface area contributed by atoms with E-state index in [0.29, 0.717) is 50.9 Å². The van der Waals surface area contributed by atoms with E-state index in [2.05, 4.69) is 17.0 Å². The van der Waals surface area contributed by atoms with Crippen molar-refractivity contribution in [3.63, 3.8) is 0 Å². The highest BCUT2D eigenvalue weighted by atomic mass is 32.2. The van der Waals surface area contributed by atoms with Crippen molar-refractivity contribution in [2.45, 2.75) is 68.6 Å². The largest absolute Gasteiger partial charge is 0.378 e. The zero-order valence-corrected chi connectivity index (χ0v) is 29.8. The molecule has 12 heteroatoms. The molecular formula is C35H53N5O5S2. The molecule has 10 nitrogen and oxygen atoms in total. The van der Waals surface area contributed by atoms with E-state index in [9.17, 15) is 21.6 Å². The summed E-state index contributed by atoms with van der Waals surface area (Å²) in [6.45, 7) is 2.88. The van der Waals surface area contributed by atoms with E-state index in [-0.39, 0.29) is 31.1 Å². The molecular weight excluding hydrogens is 635 g/mol. The Labute approximate surface area is 282 Å². The molecule has 2 aromatic rings. The highest BCUT2D eigenvalue weighted by Crippen LogP contribution is 2.30. The van der Waals surface area contributed by atoms with Crippen LogP contribution in [0.2, 0.25) is 0 Å². The lowest BCUT2D eigenvalue weighted by Crippen LogP contribution is -2.50. The molecule has 0 radical (unpaired) electrons. The fourth-order valence-electron chi connectivity index (χ4n) is 7.35. The molecule has 260 valence electrons. The van der Waals surface area contributed by atoms with Gasteiger partial charge in [-0.15, -0.1) is 0 Å². The molecule has 0 aromatic heterocycles. The normalized spacial score (nSPS) is 22.0. The van der Waals surface area contributed by atoms with Crippen LogP contribution in [0.15, 0.2) is 59.5 Å². The van der Waals surface area contributed by atoms with Gasteiger partial charge >= 0.3 is 0 Å². The molecule has 2 saturated heterocycles. The lowest BCUT2D eigenvalue weighted by Gasteiger charge is -2.36. The molecule has 2 heterocycles. The number of hydrogen-bond donors (Lipinski definition) is 0. The summed E-state index contributed by atoms with van der Waals surface area (Å²) in [5.41, 5.74) is 2.10. The Kier molecular flexibility index (Phi) is 12.5. The SMILES string of the molecule is CN(C)c1ccc(S(=O)(=O)N2CCCN(CC3CCCCC3)CCCN(S(=O)(=O)N3CCC(c4ccccc4)CC3)CC(=O)C2)cc1. The first-order chi connectivity index (χ1) is 22.5. The number of benzene rings is 2. The number of anilines is 1. The van der Waals surface area contributed by atoms with E-state index in [1.165, 1.54) is 50.6 Å². The molecule has 1 aliphatic carbocycles. The fraction of sp³-hybridized carbons (Fsp3) is 0.629. The molecule has 2 aromatic carbocycles. The van der Waals surface area contributed by atoms with Crippen LogP contribution >= 0.6 is 0 Å². The van der Waals surface area contributed by atoms with Crippen molar-refractivity contribution in [3.05, 3.63) is 60.2 Å². The van der Waals surface area contributed by atoms with Gasteiger partial charge in [-0.25, -0.2) is 8.42 Å². The number of piperidine rings is 1. The zero-order valence-electron chi connectivity index (χ0n) is 28.2. The molecule has 47 heavy (non-hydrogen) atoms. The van der Waals surface area contributed by atoms with Crippen LogP contribution in [0.1, 0.15) is 69.3 Å². The Morgan fingerprint density at radius 2 is 1.26 bits per heavy atom. The minimum absolute atomic E-state index is 0.132. The fourth-order valence-corrected chi connectivity index (χ4v) is 10.5. The zero-order chi connectivity index (χ0) is 33.4. The Bertz CT molecular complexity index is 1510. The van der Waals surface area contributed by atoms with Crippen molar-refractivity contribution in [2.24, 2.45) is 5.92 Å². The van der Waals surface area contributed by atoms with E-state index < -0.39 is 26.0 Å². The molecule has 0 N–H and O–H groups in total. The van der Waals surface area contributed by atoms with Gasteiger partial charge in [0.1, 0.15) is 0 Å². The number of sulfonamides is 1. The topological polar surface area (TPSA) is 102 Å². The standard InChI is InChI=1S/C35H53N5O5S2/c1-36(2)33-15-17-35(18-16-33)46(42,43)39-23-9-21-37(27-30-11-5-3-6-12-30)22-10-24-40(29-34(41)28-39)47(44,45)38-25-19-32(20-26-38)31-13-7-4-8-14-31/h4,7-8,13-18,30,32H,3,5-6,9-12,19-29H2,1-2H3. The molecule has 0 amide bonds. The smallest absolute Gasteiger partial charge is 0.282 e. The molecule has 3 fully saturated rings. The summed E-state index contributed by atoms with van der Waals surface area (Å²) in [6, 6.07) is 16.9. The van der Waals surface area contributed by atoms with Crippen LogP contribution < -0.4 is 4.90 Å². The van der Waals surface area contributed by atoms with Crippen molar-refractivity contribution in [2.75, 3.05) is 77.9 Å². The third-order valence-electron chi connectivity index (χ3n) is 10.1. The third-order valence-corrected chi connectivity index (χ3v) is 13.9. The van der Waals surface area contributed by atoms with Gasteiger partial charge in [0.15, 0.2) is 5.78 Å². The highest BCUT2D eigenvalue weighted by Gasteiger charge is 2.36. The Morgan fingerprint density at radius 1 is 0.660 bits per heavy atom. The van der Waals surface area contributed by atoms with Gasteiger partial charge < -0.3 is 9.80 Å². The van der Waals surface area contributed by atoms with Gasteiger partial charge in [0.05, 0.1) is 18.0 Å². The van der Waals surface area contributed by atoms with Crippen molar-refractivity contribution in [1.82, 2.24) is 17.8 Å². The van der Waals surface area contributed by atoms with Crippen LogP contribution in [0, 0.1) is 5.92 Å². The average molecular weight is 688 g/mol. The van der Waals surface area contributed by atoms with Crippen LogP contribution in [0.3, 0.4) is 0 Å². The summed E-state index contributed by atoms with van der Waals surface area (Å²) >= 11 is 0. The first kappa shape index (κ1) is 35.9. The van der Waals surface area contributed by atoms with E-state index >= 15 is 0 Å². The maximum atomic E-state index is 14.1. The predicted molar refractivity (Wildman–Crippen MR) is 187 cm³/mol. The van der Waals surface area contributed by atoms with Crippen molar-refractivity contribution < 1.29 is 21.6 Å². The maximum Gasteiger partial charge on any atom is 0.282 e. The van der Waals surface area contributed by atoms with Gasteiger partial charge in [0.2, 0.25) is 10.0 Å². The van der Waals surface area contributed by atoms with Gasteiger partial charge in [-0.3, -0.25) is 4.79 Å². The van der Waals surface area contributed by atoms with Crippen molar-refractivity contribution >= 4 is 31.7 Å². The van der Waals surface area contributed by atoms with E-state index in [0.717, 1.165) is 25.1 Å². The second-order valence-electron chi connectivity index (χ2n) is 13.7. The third kappa shape index (κ3) is 9.42. The van der Waals surface area contributed by atoms with Crippen LogP contribution in [-0.2, 0) is 25.0 Å². The Hall–Kier alpha value is -2.35. The van der Waals surface area contributed by atoms with Gasteiger partial charge in [0, 0.05) is 52.5 Å². The lowest BCUT2D eigenvalue weighted by atomic mass is 9.89. The summed E-state index contributed by atoms with van der Waals surface area (Å²) in [5.74, 6) is 0.495. The molecule has 0 bridgehead atoms. The molecule has 5 rings (SSSR count). The number of carbonyl (C=O) groups excluding carboxylic acids is 1. The van der Waals surface area contributed by atoms with Gasteiger partial charge in [-0.05, 0) is 93.3 Å². The number of hydrogen-bond acceptors (Lipinski definition) is 7. The van der Waals surface area contributed by atoms with Crippen LogP contribution in [0.5, 0.6) is 0 Å². The van der Waals surface area contributed by atoms with E-state index in [1.54, 1.807) is 24.3 Å². The first-order valence-corrected chi connectivity index (χ1v) is 20.2. The molecule has 0 unspecified atom stereocenters. The molecule has 1 saturated carbocycles. The molecule has 0 atom stereocenters. The minimum atomic E-state index is -3.98. The molecule has 3 aliphatic rings. The summed E-state index contributed by atoms with van der Waals surface area (Å²) in [7, 11) is -4.12. The lowest BCUT2D eigenvalue weighted by molar-refractivity contribution is -0.119. The maximum absolute atomic E-state index is 14.1. The monoisotopic (exact) mass is 687 g/mol. The second kappa shape index (κ2) is 16.4.